The average Bonchev–Trinajstić information content (AvgIpc) is 2.55. The van der Waals surface area contributed by atoms with E-state index in [0.29, 0.717) is 19.1 Å². The monoisotopic (exact) mass is 309 g/mol. The highest BCUT2D eigenvalue weighted by Crippen LogP contribution is 2.19. The van der Waals surface area contributed by atoms with Crippen LogP contribution in [0.4, 0.5) is 0 Å². The molecule has 5 nitrogen and oxygen atoms in total. The Morgan fingerprint density at radius 1 is 1.14 bits per heavy atom. The fourth-order valence-corrected chi connectivity index (χ4v) is 2.69. The first kappa shape index (κ1) is 17.1. The number of benzene rings is 1. The molecule has 0 radical (unpaired) electrons. The van der Waals surface area contributed by atoms with Crippen molar-refractivity contribution in [2.24, 2.45) is 5.92 Å². The Morgan fingerprint density at radius 2 is 1.73 bits per heavy atom. The topological polar surface area (TPSA) is 62.2 Å². The van der Waals surface area contributed by atoms with E-state index in [2.05, 4.69) is 4.90 Å². The van der Waals surface area contributed by atoms with Crippen LogP contribution in [0, 0.1) is 5.92 Å². The van der Waals surface area contributed by atoms with Gasteiger partial charge in [-0.15, -0.1) is 0 Å². The van der Waals surface area contributed by atoms with E-state index in [-0.39, 0.29) is 13.2 Å². The summed E-state index contributed by atoms with van der Waals surface area (Å²) < 4.78 is 11.0. The van der Waals surface area contributed by atoms with Crippen LogP contribution in [0.15, 0.2) is 24.3 Å². The first-order valence-corrected chi connectivity index (χ1v) is 8.08. The van der Waals surface area contributed by atoms with E-state index in [0.717, 1.165) is 37.4 Å². The predicted molar refractivity (Wildman–Crippen MR) is 85.4 cm³/mol. The van der Waals surface area contributed by atoms with Gasteiger partial charge in [0.2, 0.25) is 0 Å². The zero-order valence-corrected chi connectivity index (χ0v) is 13.3. The summed E-state index contributed by atoms with van der Waals surface area (Å²) in [5.41, 5.74) is 0. The first-order chi connectivity index (χ1) is 10.7. The van der Waals surface area contributed by atoms with Gasteiger partial charge in [0.15, 0.2) is 0 Å². The quantitative estimate of drug-likeness (QED) is 0.762. The molecule has 1 heterocycles. The van der Waals surface area contributed by atoms with E-state index in [1.807, 2.05) is 31.2 Å². The summed E-state index contributed by atoms with van der Waals surface area (Å²) in [7, 11) is 0. The molecular formula is C17H27NO4. The molecule has 0 aliphatic carbocycles. The van der Waals surface area contributed by atoms with Crippen LogP contribution in [0.3, 0.4) is 0 Å². The summed E-state index contributed by atoms with van der Waals surface area (Å²) in [6.07, 6.45) is 1.50. The molecule has 124 valence electrons. The van der Waals surface area contributed by atoms with Gasteiger partial charge in [-0.2, -0.15) is 0 Å². The minimum atomic E-state index is -0.503. The van der Waals surface area contributed by atoms with Gasteiger partial charge in [-0.25, -0.2) is 0 Å². The fraction of sp³-hybridized carbons (Fsp3) is 0.647. The van der Waals surface area contributed by atoms with Crippen molar-refractivity contribution in [2.75, 3.05) is 39.5 Å². The number of aliphatic hydroxyl groups excluding tert-OH is 2. The second-order valence-corrected chi connectivity index (χ2v) is 5.80. The molecule has 0 spiro atoms. The molecule has 1 saturated heterocycles. The zero-order chi connectivity index (χ0) is 15.8. The molecule has 0 amide bonds. The van der Waals surface area contributed by atoms with Crippen molar-refractivity contribution in [3.8, 4) is 11.5 Å². The van der Waals surface area contributed by atoms with E-state index in [1.165, 1.54) is 0 Å². The second-order valence-electron chi connectivity index (χ2n) is 5.80. The van der Waals surface area contributed by atoms with Crippen LogP contribution in [-0.2, 0) is 0 Å². The Bertz CT molecular complexity index is 415. The number of ether oxygens (including phenoxy) is 2. The number of hydrogen-bond donors (Lipinski definition) is 2. The summed E-state index contributed by atoms with van der Waals surface area (Å²) in [5, 5.41) is 19.2. The lowest BCUT2D eigenvalue weighted by molar-refractivity contribution is 0.0488. The third-order valence-electron chi connectivity index (χ3n) is 4.01. The first-order valence-electron chi connectivity index (χ1n) is 8.08. The molecule has 2 rings (SSSR count). The fourth-order valence-electron chi connectivity index (χ4n) is 2.69. The van der Waals surface area contributed by atoms with Gasteiger partial charge in [0.1, 0.15) is 24.2 Å². The molecule has 1 unspecified atom stereocenters. The molecule has 0 bridgehead atoms. The Balaban J connectivity index is 1.68. The summed E-state index contributed by atoms with van der Waals surface area (Å²) in [4.78, 5) is 2.23. The average molecular weight is 309 g/mol. The van der Waals surface area contributed by atoms with Crippen LogP contribution in [0.2, 0.25) is 0 Å². The molecule has 22 heavy (non-hydrogen) atoms. The lowest BCUT2D eigenvalue weighted by Crippen LogP contribution is -2.41. The Hall–Kier alpha value is -1.30. The van der Waals surface area contributed by atoms with Gasteiger partial charge in [0, 0.05) is 13.2 Å². The molecule has 1 aliphatic rings. The molecule has 1 aromatic carbocycles. The standard InChI is InChI=1S/C17H27NO4/c1-2-21-16-3-5-17(6-4-16)22-13-15(20)11-18-9-7-14(12-19)8-10-18/h3-6,14-15,19-20H,2,7-13H2,1H3. The normalized spacial score (nSPS) is 18.1. The SMILES string of the molecule is CCOc1ccc(OCC(O)CN2CCC(CO)CC2)cc1. The van der Waals surface area contributed by atoms with Crippen LogP contribution in [0.1, 0.15) is 19.8 Å². The van der Waals surface area contributed by atoms with Gasteiger partial charge < -0.3 is 24.6 Å². The van der Waals surface area contributed by atoms with Crippen LogP contribution in [-0.4, -0.2) is 60.7 Å². The maximum absolute atomic E-state index is 10.1. The third kappa shape index (κ3) is 5.48. The molecule has 2 N–H and O–H groups in total. The number of rotatable bonds is 8. The van der Waals surface area contributed by atoms with E-state index >= 15 is 0 Å². The van der Waals surface area contributed by atoms with E-state index in [9.17, 15) is 5.11 Å². The highest BCUT2D eigenvalue weighted by Gasteiger charge is 2.20. The van der Waals surface area contributed by atoms with Crippen molar-refractivity contribution >= 4 is 0 Å². The van der Waals surface area contributed by atoms with Crippen molar-refractivity contribution in [3.63, 3.8) is 0 Å². The lowest BCUT2D eigenvalue weighted by Gasteiger charge is -2.32. The second kappa shape index (κ2) is 8.98. The molecule has 1 aliphatic heterocycles. The number of β-amino-alcohol motifs (C(OH)–C–C–N with tert-alkyl or cyclic N) is 1. The summed E-state index contributed by atoms with van der Waals surface area (Å²) in [6, 6.07) is 7.44. The van der Waals surface area contributed by atoms with Gasteiger partial charge >= 0.3 is 0 Å². The number of nitrogens with zero attached hydrogens (tertiary/aromatic N) is 1. The van der Waals surface area contributed by atoms with E-state index in [4.69, 9.17) is 14.6 Å². The van der Waals surface area contributed by atoms with Crippen LogP contribution in [0.25, 0.3) is 0 Å². The van der Waals surface area contributed by atoms with Crippen molar-refractivity contribution in [1.82, 2.24) is 4.90 Å². The minimum absolute atomic E-state index is 0.275. The summed E-state index contributed by atoms with van der Waals surface area (Å²) in [6.45, 7) is 5.65. The Morgan fingerprint density at radius 3 is 2.27 bits per heavy atom. The Kier molecular flexibility index (Phi) is 6.96. The molecule has 0 saturated carbocycles. The molecular weight excluding hydrogens is 282 g/mol. The van der Waals surface area contributed by atoms with Gasteiger partial charge in [0.25, 0.3) is 0 Å². The van der Waals surface area contributed by atoms with Crippen LogP contribution < -0.4 is 9.47 Å². The van der Waals surface area contributed by atoms with Crippen molar-refractivity contribution in [3.05, 3.63) is 24.3 Å². The van der Waals surface area contributed by atoms with E-state index < -0.39 is 6.10 Å². The lowest BCUT2D eigenvalue weighted by atomic mass is 9.98. The van der Waals surface area contributed by atoms with Crippen LogP contribution >= 0.6 is 0 Å². The van der Waals surface area contributed by atoms with Crippen molar-refractivity contribution in [1.29, 1.82) is 0 Å². The number of aliphatic hydroxyl groups is 2. The molecule has 1 atom stereocenters. The van der Waals surface area contributed by atoms with Gasteiger partial charge in [0.05, 0.1) is 6.61 Å². The number of hydrogen-bond acceptors (Lipinski definition) is 5. The largest absolute Gasteiger partial charge is 0.494 e. The van der Waals surface area contributed by atoms with E-state index in [1.54, 1.807) is 0 Å². The highest BCUT2D eigenvalue weighted by molar-refractivity contribution is 5.31. The maximum Gasteiger partial charge on any atom is 0.119 e. The van der Waals surface area contributed by atoms with Crippen molar-refractivity contribution < 1.29 is 19.7 Å². The molecule has 1 aromatic rings. The predicted octanol–water partition coefficient (Wildman–Crippen LogP) is 1.53. The van der Waals surface area contributed by atoms with Gasteiger partial charge in [-0.3, -0.25) is 0 Å². The van der Waals surface area contributed by atoms with Crippen molar-refractivity contribution in [2.45, 2.75) is 25.9 Å². The number of piperidine rings is 1. The van der Waals surface area contributed by atoms with Gasteiger partial charge in [-0.1, -0.05) is 0 Å². The summed E-state index contributed by atoms with van der Waals surface area (Å²) in [5.74, 6) is 1.98. The maximum atomic E-state index is 10.1. The van der Waals surface area contributed by atoms with Crippen LogP contribution in [0.5, 0.6) is 11.5 Å². The third-order valence-corrected chi connectivity index (χ3v) is 4.01. The summed E-state index contributed by atoms with van der Waals surface area (Å²) >= 11 is 0. The molecule has 1 fully saturated rings. The molecule has 0 aromatic heterocycles. The molecule has 5 heteroatoms. The minimum Gasteiger partial charge on any atom is -0.494 e. The number of likely N-dealkylation sites (tertiary alicyclic amines) is 1. The zero-order valence-electron chi connectivity index (χ0n) is 13.3. The van der Waals surface area contributed by atoms with Gasteiger partial charge in [-0.05, 0) is 63.0 Å². The smallest absolute Gasteiger partial charge is 0.119 e. The Labute approximate surface area is 132 Å². The highest BCUT2D eigenvalue weighted by atomic mass is 16.5.